The maximum Gasteiger partial charge on any atom is 0.119 e. The lowest BCUT2D eigenvalue weighted by molar-refractivity contribution is 0.220. The molecule has 0 fully saturated rings. The molecule has 0 saturated carbocycles. The van der Waals surface area contributed by atoms with Gasteiger partial charge in [0.05, 0.1) is 7.11 Å². The molecule has 0 aliphatic carbocycles. The van der Waals surface area contributed by atoms with Crippen LogP contribution in [0.5, 0.6) is 5.75 Å². The van der Waals surface area contributed by atoms with E-state index in [0.717, 1.165) is 22.4 Å². The van der Waals surface area contributed by atoms with Crippen molar-refractivity contribution in [3.63, 3.8) is 0 Å². The second kappa shape index (κ2) is 5.10. The van der Waals surface area contributed by atoms with Crippen molar-refractivity contribution in [2.75, 3.05) is 12.8 Å². The molecule has 1 unspecified atom stereocenters. The number of aliphatic hydroxyl groups excluding tert-OH is 1. The van der Waals surface area contributed by atoms with E-state index >= 15 is 0 Å². The van der Waals surface area contributed by atoms with Crippen LogP contribution in [-0.4, -0.2) is 12.2 Å². The highest BCUT2D eigenvalue weighted by molar-refractivity contribution is 5.51. The fraction of sp³-hybridized carbons (Fsp3) is 0.200. The molecule has 1 atom stereocenters. The normalized spacial score (nSPS) is 12.2. The standard InChI is InChI=1S/C15H17NO2/c1-10-9-11(18-2)7-8-12(10)15(17)13-5-3-4-6-14(13)16/h3-9,15,17H,16H2,1-2H3. The third-order valence-corrected chi connectivity index (χ3v) is 3.06. The Morgan fingerprint density at radius 3 is 2.44 bits per heavy atom. The number of benzene rings is 2. The minimum absolute atomic E-state index is 0.597. The maximum absolute atomic E-state index is 10.4. The number of nitrogens with two attached hydrogens (primary N) is 1. The number of rotatable bonds is 3. The summed E-state index contributed by atoms with van der Waals surface area (Å²) in [5.74, 6) is 0.782. The number of hydrogen-bond acceptors (Lipinski definition) is 3. The minimum atomic E-state index is -0.711. The van der Waals surface area contributed by atoms with Gasteiger partial charge in [0.25, 0.3) is 0 Å². The van der Waals surface area contributed by atoms with Crippen molar-refractivity contribution in [1.82, 2.24) is 0 Å². The van der Waals surface area contributed by atoms with E-state index in [0.29, 0.717) is 5.69 Å². The van der Waals surface area contributed by atoms with Crippen LogP contribution in [0, 0.1) is 6.92 Å². The van der Waals surface area contributed by atoms with Crippen LogP contribution in [0.3, 0.4) is 0 Å². The van der Waals surface area contributed by atoms with Gasteiger partial charge in [0.2, 0.25) is 0 Å². The Morgan fingerprint density at radius 1 is 1.11 bits per heavy atom. The third-order valence-electron chi connectivity index (χ3n) is 3.06. The molecule has 3 nitrogen and oxygen atoms in total. The van der Waals surface area contributed by atoms with E-state index < -0.39 is 6.10 Å². The van der Waals surface area contributed by atoms with Gasteiger partial charge in [0.15, 0.2) is 0 Å². The highest BCUT2D eigenvalue weighted by atomic mass is 16.5. The van der Waals surface area contributed by atoms with Crippen LogP contribution in [0.15, 0.2) is 42.5 Å². The summed E-state index contributed by atoms with van der Waals surface area (Å²) in [6.45, 7) is 1.94. The molecular weight excluding hydrogens is 226 g/mol. The largest absolute Gasteiger partial charge is 0.497 e. The van der Waals surface area contributed by atoms with Crippen LogP contribution in [0.2, 0.25) is 0 Å². The molecule has 0 spiro atoms. The zero-order chi connectivity index (χ0) is 13.1. The predicted octanol–water partition coefficient (Wildman–Crippen LogP) is 2.67. The Bertz CT molecular complexity index is 552. The number of hydrogen-bond donors (Lipinski definition) is 2. The molecule has 0 heterocycles. The van der Waals surface area contributed by atoms with Crippen molar-refractivity contribution in [2.45, 2.75) is 13.0 Å². The number of anilines is 1. The molecule has 3 N–H and O–H groups in total. The van der Waals surface area contributed by atoms with E-state index in [2.05, 4.69) is 0 Å². The summed E-state index contributed by atoms with van der Waals surface area (Å²) in [7, 11) is 1.63. The fourth-order valence-electron chi connectivity index (χ4n) is 2.01. The lowest BCUT2D eigenvalue weighted by Crippen LogP contribution is -2.05. The lowest BCUT2D eigenvalue weighted by atomic mass is 9.96. The van der Waals surface area contributed by atoms with E-state index in [-0.39, 0.29) is 0 Å². The van der Waals surface area contributed by atoms with Gasteiger partial charge in [-0.3, -0.25) is 0 Å². The Kier molecular flexibility index (Phi) is 3.53. The second-order valence-electron chi connectivity index (χ2n) is 4.25. The summed E-state index contributed by atoms with van der Waals surface area (Å²) in [5.41, 5.74) is 9.02. The van der Waals surface area contributed by atoms with Crippen molar-refractivity contribution in [1.29, 1.82) is 0 Å². The number of aliphatic hydroxyl groups is 1. The molecule has 0 saturated heterocycles. The van der Waals surface area contributed by atoms with Gasteiger partial charge in [0, 0.05) is 11.3 Å². The van der Waals surface area contributed by atoms with Gasteiger partial charge in [-0.1, -0.05) is 24.3 Å². The minimum Gasteiger partial charge on any atom is -0.497 e. The van der Waals surface area contributed by atoms with E-state index in [1.165, 1.54) is 0 Å². The third kappa shape index (κ3) is 2.31. The maximum atomic E-state index is 10.4. The predicted molar refractivity (Wildman–Crippen MR) is 72.6 cm³/mol. The first kappa shape index (κ1) is 12.5. The molecule has 3 heteroatoms. The van der Waals surface area contributed by atoms with Gasteiger partial charge in [-0.2, -0.15) is 0 Å². The Balaban J connectivity index is 2.40. The number of methoxy groups -OCH3 is 1. The van der Waals surface area contributed by atoms with Crippen LogP contribution in [-0.2, 0) is 0 Å². The Hall–Kier alpha value is -2.00. The van der Waals surface area contributed by atoms with Gasteiger partial charge < -0.3 is 15.6 Å². The molecule has 18 heavy (non-hydrogen) atoms. The average molecular weight is 243 g/mol. The molecule has 2 aromatic rings. The monoisotopic (exact) mass is 243 g/mol. The number of para-hydroxylation sites is 1. The molecule has 0 aliphatic heterocycles. The summed E-state index contributed by atoms with van der Waals surface area (Å²) in [4.78, 5) is 0. The van der Waals surface area contributed by atoms with Crippen LogP contribution in [0.1, 0.15) is 22.8 Å². The molecule has 94 valence electrons. The summed E-state index contributed by atoms with van der Waals surface area (Å²) < 4.78 is 5.15. The van der Waals surface area contributed by atoms with E-state index in [4.69, 9.17) is 10.5 Å². The first-order valence-electron chi connectivity index (χ1n) is 5.80. The van der Waals surface area contributed by atoms with Gasteiger partial charge in [-0.05, 0) is 36.2 Å². The number of nitrogen functional groups attached to an aromatic ring is 1. The Morgan fingerprint density at radius 2 is 1.83 bits per heavy atom. The first-order valence-corrected chi connectivity index (χ1v) is 5.80. The quantitative estimate of drug-likeness (QED) is 0.815. The number of aryl methyl sites for hydroxylation is 1. The molecule has 0 bridgehead atoms. The van der Waals surface area contributed by atoms with E-state index in [9.17, 15) is 5.11 Å². The SMILES string of the molecule is COc1ccc(C(O)c2ccccc2N)c(C)c1. The van der Waals surface area contributed by atoms with Crippen molar-refractivity contribution >= 4 is 5.69 Å². The van der Waals surface area contributed by atoms with Crippen molar-refractivity contribution in [3.05, 3.63) is 59.2 Å². The average Bonchev–Trinajstić information content (AvgIpc) is 2.38. The van der Waals surface area contributed by atoms with Crippen LogP contribution in [0.4, 0.5) is 5.69 Å². The highest BCUT2D eigenvalue weighted by Gasteiger charge is 2.15. The van der Waals surface area contributed by atoms with E-state index in [1.54, 1.807) is 13.2 Å². The van der Waals surface area contributed by atoms with E-state index in [1.807, 2.05) is 43.3 Å². The molecule has 0 aromatic heterocycles. The molecule has 2 aromatic carbocycles. The topological polar surface area (TPSA) is 55.5 Å². The summed E-state index contributed by atoms with van der Waals surface area (Å²) in [6, 6.07) is 13.0. The Labute approximate surface area is 107 Å². The molecule has 0 amide bonds. The van der Waals surface area contributed by atoms with Crippen molar-refractivity contribution in [2.24, 2.45) is 0 Å². The summed E-state index contributed by atoms with van der Waals surface area (Å²) in [6.07, 6.45) is -0.711. The molecule has 2 rings (SSSR count). The zero-order valence-electron chi connectivity index (χ0n) is 10.6. The summed E-state index contributed by atoms with van der Waals surface area (Å²) in [5, 5.41) is 10.4. The van der Waals surface area contributed by atoms with Gasteiger partial charge in [-0.25, -0.2) is 0 Å². The van der Waals surface area contributed by atoms with Crippen LogP contribution in [0.25, 0.3) is 0 Å². The van der Waals surface area contributed by atoms with Crippen molar-refractivity contribution in [3.8, 4) is 5.75 Å². The smallest absolute Gasteiger partial charge is 0.119 e. The second-order valence-corrected chi connectivity index (χ2v) is 4.25. The fourth-order valence-corrected chi connectivity index (χ4v) is 2.01. The van der Waals surface area contributed by atoms with Gasteiger partial charge in [0.1, 0.15) is 11.9 Å². The van der Waals surface area contributed by atoms with Gasteiger partial charge >= 0.3 is 0 Å². The van der Waals surface area contributed by atoms with Gasteiger partial charge in [-0.15, -0.1) is 0 Å². The first-order chi connectivity index (χ1) is 8.63. The van der Waals surface area contributed by atoms with Crippen molar-refractivity contribution < 1.29 is 9.84 Å². The van der Waals surface area contributed by atoms with Crippen LogP contribution >= 0.6 is 0 Å². The summed E-state index contributed by atoms with van der Waals surface area (Å²) >= 11 is 0. The molecule has 0 aliphatic rings. The zero-order valence-corrected chi connectivity index (χ0v) is 10.6. The highest BCUT2D eigenvalue weighted by Crippen LogP contribution is 2.30. The molecule has 0 radical (unpaired) electrons. The number of ether oxygens (including phenoxy) is 1. The lowest BCUT2D eigenvalue weighted by Gasteiger charge is -2.16. The molecular formula is C15H17NO2. The van der Waals surface area contributed by atoms with Crippen LogP contribution < -0.4 is 10.5 Å².